The summed E-state index contributed by atoms with van der Waals surface area (Å²) in [6.45, 7) is 3.31. The highest BCUT2D eigenvalue weighted by molar-refractivity contribution is 6.25. The quantitative estimate of drug-likeness (QED) is 0.718. The molecule has 0 aromatic heterocycles. The molecular formula is C9H17ClN2. The Hall–Kier alpha value is -0.0500. The van der Waals surface area contributed by atoms with E-state index in [2.05, 4.69) is 10.2 Å². The van der Waals surface area contributed by atoms with Crippen LogP contribution in [0, 0.1) is 0 Å². The first kappa shape index (κ1) is 10.0. The molecule has 70 valence electrons. The van der Waals surface area contributed by atoms with Crippen LogP contribution in [0.15, 0.2) is 11.6 Å². The lowest BCUT2D eigenvalue weighted by molar-refractivity contribution is 0.277. The number of rotatable bonds is 4. The third-order valence-corrected chi connectivity index (χ3v) is 2.55. The molecule has 1 fully saturated rings. The zero-order valence-electron chi connectivity index (χ0n) is 7.59. The fourth-order valence-electron chi connectivity index (χ4n) is 1.78. The molecule has 0 saturated carbocycles. The van der Waals surface area contributed by atoms with E-state index >= 15 is 0 Å². The van der Waals surface area contributed by atoms with E-state index in [0.29, 0.717) is 6.04 Å². The van der Waals surface area contributed by atoms with Gasteiger partial charge in [0.2, 0.25) is 0 Å². The minimum atomic E-state index is 0.711. The smallest absolute Gasteiger partial charge is 0.0224 e. The lowest BCUT2D eigenvalue weighted by Gasteiger charge is -2.22. The highest BCUT2D eigenvalue weighted by Gasteiger charge is 2.21. The Morgan fingerprint density at radius 1 is 1.67 bits per heavy atom. The number of nitrogens with zero attached hydrogens (tertiary/aromatic N) is 1. The molecule has 2 nitrogen and oxygen atoms in total. The van der Waals surface area contributed by atoms with Gasteiger partial charge in [-0.25, -0.2) is 0 Å². The van der Waals surface area contributed by atoms with Gasteiger partial charge in [-0.2, -0.15) is 0 Å². The van der Waals surface area contributed by atoms with Crippen molar-refractivity contribution in [2.75, 3.05) is 26.7 Å². The molecule has 0 aromatic carbocycles. The summed E-state index contributed by atoms with van der Waals surface area (Å²) in [5.41, 5.74) is 1.61. The molecule has 12 heavy (non-hydrogen) atoms. The zero-order valence-corrected chi connectivity index (χ0v) is 8.35. The fourth-order valence-corrected chi connectivity index (χ4v) is 1.86. The Labute approximate surface area is 79.6 Å². The highest BCUT2D eigenvalue weighted by atomic mass is 35.5. The van der Waals surface area contributed by atoms with Gasteiger partial charge < -0.3 is 5.32 Å². The number of halogens is 1. The fraction of sp³-hybridized carbons (Fsp3) is 0.778. The second-order valence-corrected chi connectivity index (χ2v) is 3.46. The van der Waals surface area contributed by atoms with Gasteiger partial charge in [0, 0.05) is 24.7 Å². The molecule has 0 aliphatic carbocycles. The normalized spacial score (nSPS) is 25.7. The van der Waals surface area contributed by atoms with Crippen LogP contribution in [0.25, 0.3) is 0 Å². The highest BCUT2D eigenvalue weighted by Crippen LogP contribution is 2.15. The first-order valence-corrected chi connectivity index (χ1v) is 4.96. The zero-order chi connectivity index (χ0) is 8.81. The van der Waals surface area contributed by atoms with Crippen molar-refractivity contribution in [1.82, 2.24) is 10.2 Å². The van der Waals surface area contributed by atoms with Crippen molar-refractivity contribution in [2.24, 2.45) is 0 Å². The van der Waals surface area contributed by atoms with Crippen molar-refractivity contribution in [3.8, 4) is 0 Å². The molecule has 0 bridgehead atoms. The molecule has 1 aliphatic rings. The third-order valence-electron chi connectivity index (χ3n) is 2.37. The maximum atomic E-state index is 5.48. The molecule has 0 aromatic rings. The summed E-state index contributed by atoms with van der Waals surface area (Å²) in [6.07, 6.45) is 4.65. The lowest BCUT2D eigenvalue weighted by Crippen LogP contribution is -2.36. The topological polar surface area (TPSA) is 15.3 Å². The number of hydrogen-bond acceptors (Lipinski definition) is 2. The summed E-state index contributed by atoms with van der Waals surface area (Å²) in [7, 11) is 2.01. The predicted octanol–water partition coefficient (Wildman–Crippen LogP) is 1.42. The third kappa shape index (κ3) is 2.77. The minimum absolute atomic E-state index is 0.711. The molecule has 1 rings (SSSR count). The van der Waals surface area contributed by atoms with Crippen LogP contribution in [0.1, 0.15) is 12.8 Å². The van der Waals surface area contributed by atoms with Crippen molar-refractivity contribution >= 4 is 11.6 Å². The van der Waals surface area contributed by atoms with Gasteiger partial charge in [-0.05, 0) is 26.4 Å². The summed E-state index contributed by atoms with van der Waals surface area (Å²) in [4.78, 5) is 2.47. The van der Waals surface area contributed by atoms with Gasteiger partial charge >= 0.3 is 0 Å². The van der Waals surface area contributed by atoms with Gasteiger partial charge in [-0.1, -0.05) is 17.7 Å². The average Bonchev–Trinajstić information content (AvgIpc) is 2.50. The number of likely N-dealkylation sites (N-methyl/N-ethyl adjacent to an activating group) is 1. The van der Waals surface area contributed by atoms with E-state index in [1.54, 1.807) is 5.54 Å². The second-order valence-electron chi connectivity index (χ2n) is 3.21. The van der Waals surface area contributed by atoms with E-state index in [-0.39, 0.29) is 0 Å². The first-order valence-electron chi connectivity index (χ1n) is 4.52. The van der Waals surface area contributed by atoms with Crippen molar-refractivity contribution < 1.29 is 0 Å². The summed E-state index contributed by atoms with van der Waals surface area (Å²) in [5, 5.41) is 3.22. The molecule has 3 heteroatoms. The number of likely N-dealkylation sites (tertiary alicyclic amines) is 1. The molecule has 1 atom stereocenters. The van der Waals surface area contributed by atoms with Crippen molar-refractivity contribution in [3.63, 3.8) is 0 Å². The minimum Gasteiger partial charge on any atom is -0.318 e. The monoisotopic (exact) mass is 188 g/mol. The molecule has 0 radical (unpaired) electrons. The Kier molecular flexibility index (Phi) is 4.66. The van der Waals surface area contributed by atoms with Crippen LogP contribution < -0.4 is 5.32 Å². The van der Waals surface area contributed by atoms with Crippen molar-refractivity contribution in [1.29, 1.82) is 0 Å². The van der Waals surface area contributed by atoms with Gasteiger partial charge in [0.15, 0.2) is 0 Å². The van der Waals surface area contributed by atoms with Crippen LogP contribution in [0.3, 0.4) is 0 Å². The Morgan fingerprint density at radius 2 is 2.50 bits per heavy atom. The maximum absolute atomic E-state index is 5.48. The van der Waals surface area contributed by atoms with Crippen LogP contribution in [0.5, 0.6) is 0 Å². The molecule has 1 N–H and O–H groups in total. The standard InChI is InChI=1S/C9H17ClN2/c1-11-8-9-4-2-6-12(9)7-3-5-10/h3,5,9,11H,2,4,6-8H2,1H3/b5-3+. The maximum Gasteiger partial charge on any atom is 0.0224 e. The largest absolute Gasteiger partial charge is 0.318 e. The SMILES string of the molecule is CNCC1CCCN1C/C=C/Cl. The summed E-state index contributed by atoms with van der Waals surface area (Å²) < 4.78 is 0. The van der Waals surface area contributed by atoms with Crippen LogP contribution in [-0.4, -0.2) is 37.6 Å². The first-order chi connectivity index (χ1) is 5.88. The molecule has 1 unspecified atom stereocenters. The molecule has 0 amide bonds. The lowest BCUT2D eigenvalue weighted by atomic mass is 10.2. The van der Waals surface area contributed by atoms with Crippen molar-refractivity contribution in [2.45, 2.75) is 18.9 Å². The molecule has 1 saturated heterocycles. The average molecular weight is 189 g/mol. The molecule has 0 spiro atoms. The molecule has 1 heterocycles. The van der Waals surface area contributed by atoms with Crippen LogP contribution >= 0.6 is 11.6 Å². The van der Waals surface area contributed by atoms with Crippen LogP contribution in [0.2, 0.25) is 0 Å². The van der Waals surface area contributed by atoms with Crippen LogP contribution in [0.4, 0.5) is 0 Å². The Balaban J connectivity index is 2.30. The van der Waals surface area contributed by atoms with Gasteiger partial charge in [-0.15, -0.1) is 0 Å². The van der Waals surface area contributed by atoms with Gasteiger partial charge in [-0.3, -0.25) is 4.90 Å². The second kappa shape index (κ2) is 5.57. The van der Waals surface area contributed by atoms with Gasteiger partial charge in [0.05, 0.1) is 0 Å². The van der Waals surface area contributed by atoms with Gasteiger partial charge in [0.1, 0.15) is 0 Å². The van der Waals surface area contributed by atoms with Gasteiger partial charge in [0.25, 0.3) is 0 Å². The van der Waals surface area contributed by atoms with E-state index in [4.69, 9.17) is 11.6 Å². The number of nitrogens with one attached hydrogen (secondary N) is 1. The van der Waals surface area contributed by atoms with E-state index < -0.39 is 0 Å². The molecule has 1 aliphatic heterocycles. The van der Waals surface area contributed by atoms with E-state index in [1.807, 2.05) is 13.1 Å². The molecular weight excluding hydrogens is 172 g/mol. The van der Waals surface area contributed by atoms with Crippen LogP contribution in [-0.2, 0) is 0 Å². The van der Waals surface area contributed by atoms with E-state index in [0.717, 1.165) is 13.1 Å². The number of hydrogen-bond donors (Lipinski definition) is 1. The predicted molar refractivity (Wildman–Crippen MR) is 53.5 cm³/mol. The summed E-state index contributed by atoms with van der Waals surface area (Å²) >= 11 is 5.48. The van der Waals surface area contributed by atoms with E-state index in [1.165, 1.54) is 19.4 Å². The van der Waals surface area contributed by atoms with E-state index in [9.17, 15) is 0 Å². The van der Waals surface area contributed by atoms with Crippen molar-refractivity contribution in [3.05, 3.63) is 11.6 Å². The summed E-state index contributed by atoms with van der Waals surface area (Å²) in [5.74, 6) is 0. The summed E-state index contributed by atoms with van der Waals surface area (Å²) in [6, 6.07) is 0.711. The Morgan fingerprint density at radius 3 is 3.17 bits per heavy atom. The Bertz CT molecular complexity index is 147.